The number of hydrogen-bond acceptors (Lipinski definition) is 4. The van der Waals surface area contributed by atoms with E-state index in [1.807, 2.05) is 27.7 Å². The molecule has 2 saturated heterocycles. The topological polar surface area (TPSA) is 56.8 Å². The molecule has 5 atom stereocenters. The van der Waals surface area contributed by atoms with Gasteiger partial charge >= 0.3 is 0 Å². The monoisotopic (exact) mass is 271 g/mol. The van der Waals surface area contributed by atoms with Gasteiger partial charge in [0.15, 0.2) is 5.79 Å². The predicted molar refractivity (Wildman–Crippen MR) is 70.6 cm³/mol. The summed E-state index contributed by atoms with van der Waals surface area (Å²) in [4.78, 5) is 12.2. The van der Waals surface area contributed by atoms with E-state index in [0.29, 0.717) is 13.2 Å². The third-order valence-corrected chi connectivity index (χ3v) is 4.12. The summed E-state index contributed by atoms with van der Waals surface area (Å²) >= 11 is 0. The molecule has 5 heteroatoms. The first-order valence-corrected chi connectivity index (χ1v) is 7.05. The zero-order valence-corrected chi connectivity index (χ0v) is 12.4. The van der Waals surface area contributed by atoms with Crippen LogP contribution in [0.4, 0.5) is 0 Å². The van der Waals surface area contributed by atoms with Gasteiger partial charge in [0.2, 0.25) is 5.91 Å². The van der Waals surface area contributed by atoms with Crippen LogP contribution in [0.25, 0.3) is 0 Å². The van der Waals surface area contributed by atoms with Crippen LogP contribution in [0.2, 0.25) is 0 Å². The molecular weight excluding hydrogens is 246 g/mol. The molecule has 1 amide bonds. The number of ether oxygens (including phenoxy) is 3. The van der Waals surface area contributed by atoms with Crippen LogP contribution in [0, 0.1) is 11.8 Å². The van der Waals surface area contributed by atoms with E-state index in [1.165, 1.54) is 0 Å². The van der Waals surface area contributed by atoms with Gasteiger partial charge in [-0.25, -0.2) is 0 Å². The van der Waals surface area contributed by atoms with Crippen LogP contribution in [-0.2, 0) is 19.0 Å². The lowest BCUT2D eigenvalue weighted by Gasteiger charge is -2.20. The first kappa shape index (κ1) is 14.8. The minimum absolute atomic E-state index is 0.0258. The predicted octanol–water partition coefficient (Wildman–Crippen LogP) is 1.31. The van der Waals surface area contributed by atoms with Crippen molar-refractivity contribution >= 4 is 5.91 Å². The summed E-state index contributed by atoms with van der Waals surface area (Å²) in [7, 11) is 0. The average Bonchev–Trinajstić information content (AvgIpc) is 2.77. The zero-order valence-electron chi connectivity index (χ0n) is 12.4. The fourth-order valence-electron chi connectivity index (χ4n) is 2.91. The maximum Gasteiger partial charge on any atom is 0.226 e. The number of hydrogen-bond donors (Lipinski definition) is 1. The molecule has 110 valence electrons. The Bertz CT molecular complexity index is 344. The highest BCUT2D eigenvalue weighted by molar-refractivity contribution is 5.79. The molecule has 0 bridgehead atoms. The highest BCUT2D eigenvalue weighted by Crippen LogP contribution is 2.32. The molecule has 2 rings (SSSR count). The number of amides is 1. The molecule has 2 heterocycles. The largest absolute Gasteiger partial charge is 0.374 e. The normalized spacial score (nSPS) is 41.4. The van der Waals surface area contributed by atoms with Gasteiger partial charge in [-0.05, 0) is 33.6 Å². The van der Waals surface area contributed by atoms with Crippen molar-refractivity contribution in [3.05, 3.63) is 0 Å². The first-order valence-electron chi connectivity index (χ1n) is 7.05. The minimum Gasteiger partial charge on any atom is -0.374 e. The Morgan fingerprint density at radius 3 is 2.42 bits per heavy atom. The van der Waals surface area contributed by atoms with Crippen molar-refractivity contribution in [1.29, 1.82) is 0 Å². The third kappa shape index (κ3) is 3.27. The van der Waals surface area contributed by atoms with Gasteiger partial charge in [0.05, 0.1) is 24.7 Å². The summed E-state index contributed by atoms with van der Waals surface area (Å²) in [6.07, 6.45) is 0.0437. The van der Waals surface area contributed by atoms with Crippen molar-refractivity contribution < 1.29 is 19.0 Å². The minimum atomic E-state index is -0.541. The molecule has 2 aliphatic heterocycles. The Labute approximate surface area is 115 Å². The molecule has 19 heavy (non-hydrogen) atoms. The smallest absolute Gasteiger partial charge is 0.226 e. The Morgan fingerprint density at radius 2 is 1.95 bits per heavy atom. The van der Waals surface area contributed by atoms with Gasteiger partial charge in [0.25, 0.3) is 0 Å². The Balaban J connectivity index is 1.82. The maximum absolute atomic E-state index is 12.2. The van der Waals surface area contributed by atoms with E-state index in [-0.39, 0.29) is 36.1 Å². The second kappa shape index (κ2) is 5.38. The van der Waals surface area contributed by atoms with Crippen LogP contribution >= 0.6 is 0 Å². The summed E-state index contributed by atoms with van der Waals surface area (Å²) in [6, 6.07) is 0. The molecule has 5 nitrogen and oxygen atoms in total. The van der Waals surface area contributed by atoms with Crippen LogP contribution in [0.15, 0.2) is 0 Å². The summed E-state index contributed by atoms with van der Waals surface area (Å²) in [5.41, 5.74) is 0. The van der Waals surface area contributed by atoms with Gasteiger partial charge in [-0.3, -0.25) is 4.79 Å². The highest BCUT2D eigenvalue weighted by atomic mass is 16.7. The average molecular weight is 271 g/mol. The third-order valence-electron chi connectivity index (χ3n) is 4.12. The summed E-state index contributed by atoms with van der Waals surface area (Å²) in [5, 5.41) is 2.96. The van der Waals surface area contributed by atoms with Crippen molar-refractivity contribution in [3.63, 3.8) is 0 Å². The lowest BCUT2D eigenvalue weighted by molar-refractivity contribution is -0.140. The number of carbonyl (C=O) groups excluding carboxylic acids is 1. The van der Waals surface area contributed by atoms with E-state index in [1.54, 1.807) is 0 Å². The number of rotatable bonds is 3. The molecule has 2 fully saturated rings. The molecule has 0 spiro atoms. The van der Waals surface area contributed by atoms with Crippen molar-refractivity contribution in [1.82, 2.24) is 5.32 Å². The molecule has 0 aromatic carbocycles. The summed E-state index contributed by atoms with van der Waals surface area (Å²) in [6.45, 7) is 10.8. The van der Waals surface area contributed by atoms with Crippen LogP contribution < -0.4 is 5.32 Å². The second-order valence-electron chi connectivity index (χ2n) is 6.13. The zero-order chi connectivity index (χ0) is 14.2. The van der Waals surface area contributed by atoms with Crippen LogP contribution in [0.1, 0.15) is 34.6 Å². The molecule has 0 aromatic heterocycles. The number of nitrogens with one attached hydrogen (secondary N) is 1. The van der Waals surface area contributed by atoms with Crippen molar-refractivity contribution in [2.24, 2.45) is 11.8 Å². The van der Waals surface area contributed by atoms with E-state index in [4.69, 9.17) is 14.2 Å². The highest BCUT2D eigenvalue weighted by Gasteiger charge is 2.42. The molecule has 0 radical (unpaired) electrons. The van der Waals surface area contributed by atoms with Gasteiger partial charge in [0.1, 0.15) is 6.10 Å². The van der Waals surface area contributed by atoms with E-state index in [9.17, 15) is 4.79 Å². The van der Waals surface area contributed by atoms with E-state index >= 15 is 0 Å². The molecule has 0 saturated carbocycles. The van der Waals surface area contributed by atoms with E-state index in [2.05, 4.69) is 12.2 Å². The van der Waals surface area contributed by atoms with E-state index < -0.39 is 5.79 Å². The van der Waals surface area contributed by atoms with Crippen molar-refractivity contribution in [2.45, 2.75) is 58.7 Å². The lowest BCUT2D eigenvalue weighted by atomic mass is 9.89. The standard InChI is InChI=1S/C14H25NO4/c1-8-9(2)18-10(3)12(8)13(16)15-6-11-7-17-14(4,5)19-11/h8-12H,6-7H2,1-5H3,(H,15,16). The van der Waals surface area contributed by atoms with Crippen LogP contribution in [0.5, 0.6) is 0 Å². The fourth-order valence-corrected chi connectivity index (χ4v) is 2.91. The van der Waals surface area contributed by atoms with Gasteiger partial charge < -0.3 is 19.5 Å². The SMILES string of the molecule is CC1OC(C)C(C(=O)NCC2COC(C)(C)O2)C1C. The van der Waals surface area contributed by atoms with Crippen LogP contribution in [0.3, 0.4) is 0 Å². The Morgan fingerprint density at radius 1 is 1.26 bits per heavy atom. The van der Waals surface area contributed by atoms with Gasteiger partial charge in [-0.15, -0.1) is 0 Å². The van der Waals surface area contributed by atoms with Gasteiger partial charge in [0, 0.05) is 6.54 Å². The second-order valence-corrected chi connectivity index (χ2v) is 6.13. The molecule has 2 aliphatic rings. The first-order chi connectivity index (χ1) is 8.80. The Hall–Kier alpha value is -0.650. The van der Waals surface area contributed by atoms with E-state index in [0.717, 1.165) is 0 Å². The molecule has 5 unspecified atom stereocenters. The molecule has 0 aromatic rings. The molecule has 1 N–H and O–H groups in total. The summed E-state index contributed by atoms with van der Waals surface area (Å²) < 4.78 is 16.8. The lowest BCUT2D eigenvalue weighted by Crippen LogP contribution is -2.41. The summed E-state index contributed by atoms with van der Waals surface area (Å²) in [5.74, 6) is -0.323. The van der Waals surface area contributed by atoms with Gasteiger partial charge in [-0.2, -0.15) is 0 Å². The fraction of sp³-hybridized carbons (Fsp3) is 0.929. The quantitative estimate of drug-likeness (QED) is 0.841. The van der Waals surface area contributed by atoms with Crippen molar-refractivity contribution in [2.75, 3.05) is 13.2 Å². The van der Waals surface area contributed by atoms with Crippen LogP contribution in [-0.4, -0.2) is 43.2 Å². The van der Waals surface area contributed by atoms with Crippen molar-refractivity contribution in [3.8, 4) is 0 Å². The number of carbonyl (C=O) groups is 1. The Kier molecular flexibility index (Phi) is 4.18. The molecule has 0 aliphatic carbocycles. The molecular formula is C14H25NO4. The maximum atomic E-state index is 12.2. The van der Waals surface area contributed by atoms with Gasteiger partial charge in [-0.1, -0.05) is 6.92 Å².